The SMILES string of the molecule is CCC1C(=O)N(C)c2cnc(N(CC)C3CCN(CCO)CC3)nc2N1C1CCCC1. The predicted molar refractivity (Wildman–Crippen MR) is 124 cm³/mol. The van der Waals surface area contributed by atoms with E-state index >= 15 is 0 Å². The van der Waals surface area contributed by atoms with Gasteiger partial charge in [0.05, 0.1) is 12.8 Å². The molecular weight excluding hydrogens is 392 g/mol. The molecule has 3 heterocycles. The molecule has 1 aromatic heterocycles. The van der Waals surface area contributed by atoms with Gasteiger partial charge in [0.1, 0.15) is 11.7 Å². The van der Waals surface area contributed by atoms with E-state index in [1.807, 2.05) is 13.2 Å². The summed E-state index contributed by atoms with van der Waals surface area (Å²) < 4.78 is 0. The van der Waals surface area contributed by atoms with Crippen LogP contribution in [0.3, 0.4) is 0 Å². The van der Waals surface area contributed by atoms with Crippen LogP contribution in [-0.2, 0) is 4.79 Å². The topological polar surface area (TPSA) is 76.0 Å². The minimum atomic E-state index is -0.139. The van der Waals surface area contributed by atoms with E-state index in [1.165, 1.54) is 12.8 Å². The average Bonchev–Trinajstić information content (AvgIpc) is 3.32. The molecule has 1 aromatic rings. The fourth-order valence-electron chi connectivity index (χ4n) is 5.67. The molecule has 4 rings (SSSR count). The number of aromatic nitrogens is 2. The average molecular weight is 431 g/mol. The van der Waals surface area contributed by atoms with Gasteiger partial charge in [0.2, 0.25) is 11.9 Å². The molecule has 3 aliphatic rings. The summed E-state index contributed by atoms with van der Waals surface area (Å²) in [5.74, 6) is 1.87. The minimum Gasteiger partial charge on any atom is -0.395 e. The number of piperidine rings is 1. The van der Waals surface area contributed by atoms with Crippen molar-refractivity contribution in [2.75, 3.05) is 54.5 Å². The van der Waals surface area contributed by atoms with Gasteiger partial charge in [0.15, 0.2) is 5.82 Å². The standard InChI is InChI=1S/C23H38N6O2/c1-4-19-22(31)26(3)20-16-24-23(25-21(20)29(19)18-8-6-7-9-18)28(5-2)17-10-12-27(13-11-17)14-15-30/h16-19,30H,4-15H2,1-3H3. The van der Waals surface area contributed by atoms with Gasteiger partial charge in [-0.05, 0) is 39.0 Å². The molecule has 0 bridgehead atoms. The van der Waals surface area contributed by atoms with Crippen molar-refractivity contribution < 1.29 is 9.90 Å². The normalized spacial score (nSPS) is 23.5. The van der Waals surface area contributed by atoms with Crippen LogP contribution in [0.5, 0.6) is 0 Å². The van der Waals surface area contributed by atoms with Gasteiger partial charge < -0.3 is 24.7 Å². The molecule has 0 aromatic carbocycles. The zero-order valence-electron chi connectivity index (χ0n) is 19.3. The number of nitrogens with zero attached hydrogens (tertiary/aromatic N) is 6. The van der Waals surface area contributed by atoms with Gasteiger partial charge in [-0.25, -0.2) is 4.98 Å². The Balaban J connectivity index is 1.64. The summed E-state index contributed by atoms with van der Waals surface area (Å²) in [7, 11) is 1.85. The second-order valence-corrected chi connectivity index (χ2v) is 9.13. The highest BCUT2D eigenvalue weighted by Crippen LogP contribution is 2.40. The lowest BCUT2D eigenvalue weighted by molar-refractivity contribution is -0.120. The zero-order chi connectivity index (χ0) is 22.0. The molecule has 2 fully saturated rings. The number of likely N-dealkylation sites (tertiary alicyclic amines) is 1. The molecule has 2 aliphatic heterocycles. The smallest absolute Gasteiger partial charge is 0.249 e. The van der Waals surface area contributed by atoms with Gasteiger partial charge in [-0.15, -0.1) is 0 Å². The van der Waals surface area contributed by atoms with E-state index in [-0.39, 0.29) is 18.6 Å². The number of β-amino-alcohol motifs (C(OH)–C–C–N with tert-alkyl or cyclic N) is 1. The highest BCUT2D eigenvalue weighted by Gasteiger charge is 2.41. The summed E-state index contributed by atoms with van der Waals surface area (Å²) in [6.07, 6.45) is 9.46. The fourth-order valence-corrected chi connectivity index (χ4v) is 5.67. The van der Waals surface area contributed by atoms with E-state index in [1.54, 1.807) is 4.90 Å². The van der Waals surface area contributed by atoms with Gasteiger partial charge in [-0.3, -0.25) is 4.79 Å². The lowest BCUT2D eigenvalue weighted by atomic mass is 10.0. The summed E-state index contributed by atoms with van der Waals surface area (Å²) in [4.78, 5) is 31.7. The van der Waals surface area contributed by atoms with Crippen molar-refractivity contribution in [1.29, 1.82) is 0 Å². The van der Waals surface area contributed by atoms with Crippen LogP contribution in [0, 0.1) is 0 Å². The maximum atomic E-state index is 13.1. The van der Waals surface area contributed by atoms with Crippen LogP contribution in [0.15, 0.2) is 6.20 Å². The highest BCUT2D eigenvalue weighted by atomic mass is 16.3. The van der Waals surface area contributed by atoms with Crippen molar-refractivity contribution in [3.05, 3.63) is 6.20 Å². The molecule has 8 nitrogen and oxygen atoms in total. The van der Waals surface area contributed by atoms with E-state index < -0.39 is 0 Å². The van der Waals surface area contributed by atoms with Crippen LogP contribution in [0.1, 0.15) is 58.8 Å². The van der Waals surface area contributed by atoms with Gasteiger partial charge in [0.25, 0.3) is 0 Å². The first-order valence-electron chi connectivity index (χ1n) is 12.1. The molecular formula is C23H38N6O2. The minimum absolute atomic E-state index is 0.139. The molecule has 31 heavy (non-hydrogen) atoms. The molecule has 1 unspecified atom stereocenters. The number of likely N-dealkylation sites (N-methyl/N-ethyl adjacent to an activating group) is 1. The van der Waals surface area contributed by atoms with Crippen molar-refractivity contribution in [3.63, 3.8) is 0 Å². The quantitative estimate of drug-likeness (QED) is 0.711. The summed E-state index contributed by atoms with van der Waals surface area (Å²) in [5, 5.41) is 9.22. The number of carbonyl (C=O) groups is 1. The van der Waals surface area contributed by atoms with Gasteiger partial charge >= 0.3 is 0 Å². The maximum absolute atomic E-state index is 13.1. The van der Waals surface area contributed by atoms with Crippen LogP contribution in [0.2, 0.25) is 0 Å². The summed E-state index contributed by atoms with van der Waals surface area (Å²) in [6.45, 7) is 8.10. The number of aliphatic hydroxyl groups is 1. The fraction of sp³-hybridized carbons (Fsp3) is 0.783. The number of anilines is 3. The van der Waals surface area contributed by atoms with Crippen LogP contribution >= 0.6 is 0 Å². The Hall–Kier alpha value is -1.93. The molecule has 172 valence electrons. The Morgan fingerprint density at radius 3 is 2.48 bits per heavy atom. The van der Waals surface area contributed by atoms with Crippen molar-refractivity contribution in [2.24, 2.45) is 0 Å². The van der Waals surface area contributed by atoms with E-state index in [0.717, 1.165) is 75.7 Å². The molecule has 0 spiro atoms. The molecule has 1 saturated carbocycles. The van der Waals surface area contributed by atoms with E-state index in [9.17, 15) is 9.90 Å². The molecule has 1 amide bonds. The summed E-state index contributed by atoms with van der Waals surface area (Å²) >= 11 is 0. The van der Waals surface area contributed by atoms with Crippen LogP contribution < -0.4 is 14.7 Å². The number of hydrogen-bond donors (Lipinski definition) is 1. The number of aliphatic hydroxyl groups excluding tert-OH is 1. The van der Waals surface area contributed by atoms with Crippen molar-refractivity contribution >= 4 is 23.4 Å². The van der Waals surface area contributed by atoms with E-state index in [0.29, 0.717) is 12.1 Å². The van der Waals surface area contributed by atoms with Crippen LogP contribution in [-0.4, -0.2) is 83.8 Å². The first-order valence-corrected chi connectivity index (χ1v) is 12.1. The summed E-state index contributed by atoms with van der Waals surface area (Å²) in [6, 6.07) is 0.656. The Morgan fingerprint density at radius 1 is 1.16 bits per heavy atom. The van der Waals surface area contributed by atoms with Crippen molar-refractivity contribution in [1.82, 2.24) is 14.9 Å². The lowest BCUT2D eigenvalue weighted by Crippen LogP contribution is -2.55. The number of rotatable bonds is 7. The molecule has 8 heteroatoms. The van der Waals surface area contributed by atoms with Gasteiger partial charge in [-0.2, -0.15) is 4.98 Å². The highest BCUT2D eigenvalue weighted by molar-refractivity contribution is 6.04. The second kappa shape index (κ2) is 9.69. The molecule has 1 N–H and O–H groups in total. The largest absolute Gasteiger partial charge is 0.395 e. The monoisotopic (exact) mass is 430 g/mol. The molecule has 1 atom stereocenters. The first-order chi connectivity index (χ1) is 15.1. The van der Waals surface area contributed by atoms with Crippen LogP contribution in [0.4, 0.5) is 17.5 Å². The first kappa shape index (κ1) is 22.3. The third kappa shape index (κ3) is 4.24. The number of amides is 1. The van der Waals surface area contributed by atoms with Crippen molar-refractivity contribution in [2.45, 2.75) is 76.9 Å². The Kier molecular flexibility index (Phi) is 6.96. The molecule has 1 aliphatic carbocycles. The molecule has 0 radical (unpaired) electrons. The lowest BCUT2D eigenvalue weighted by Gasteiger charge is -2.44. The predicted octanol–water partition coefficient (Wildman–Crippen LogP) is 2.26. The Labute approximate surface area is 186 Å². The van der Waals surface area contributed by atoms with Crippen LogP contribution in [0.25, 0.3) is 0 Å². The second-order valence-electron chi connectivity index (χ2n) is 9.13. The van der Waals surface area contributed by atoms with Gasteiger partial charge in [0, 0.05) is 45.3 Å². The molecule has 1 saturated heterocycles. The maximum Gasteiger partial charge on any atom is 0.249 e. The van der Waals surface area contributed by atoms with Gasteiger partial charge in [-0.1, -0.05) is 19.8 Å². The van der Waals surface area contributed by atoms with Crippen molar-refractivity contribution in [3.8, 4) is 0 Å². The van der Waals surface area contributed by atoms with E-state index in [4.69, 9.17) is 9.97 Å². The third-order valence-electron chi connectivity index (χ3n) is 7.41. The number of fused-ring (bicyclic) bond motifs is 1. The Morgan fingerprint density at radius 2 is 1.87 bits per heavy atom. The summed E-state index contributed by atoms with van der Waals surface area (Å²) in [5.41, 5.74) is 0.833. The van der Waals surface area contributed by atoms with E-state index in [2.05, 4.69) is 28.5 Å². The number of hydrogen-bond acceptors (Lipinski definition) is 7. The Bertz CT molecular complexity index is 760. The zero-order valence-corrected chi connectivity index (χ0v) is 19.3. The number of carbonyl (C=O) groups excluding carboxylic acids is 1. The third-order valence-corrected chi connectivity index (χ3v) is 7.41.